The molecule has 1 aliphatic rings. The Labute approximate surface area is 151 Å². The highest BCUT2D eigenvalue weighted by Crippen LogP contribution is 2.32. The van der Waals surface area contributed by atoms with Gasteiger partial charge in [0, 0.05) is 12.2 Å². The number of carbonyl (C=O) groups excluding carboxylic acids is 1. The van der Waals surface area contributed by atoms with E-state index in [0.29, 0.717) is 23.1 Å². The van der Waals surface area contributed by atoms with Crippen LogP contribution in [0.2, 0.25) is 5.02 Å². The molecule has 1 aliphatic heterocycles. The Hall–Kier alpha value is -2.60. The molecule has 0 aliphatic carbocycles. The zero-order chi connectivity index (χ0) is 17.8. The molecule has 7 heteroatoms. The van der Waals surface area contributed by atoms with Crippen LogP contribution in [0.25, 0.3) is 0 Å². The van der Waals surface area contributed by atoms with E-state index in [2.05, 4.69) is 10.6 Å². The topological polar surface area (TPSA) is 68.8 Å². The first-order valence-corrected chi connectivity index (χ1v) is 8.21. The number of nitrogens with one attached hydrogen (secondary N) is 2. The molecular formula is C18H19ClN2O4. The molecule has 6 nitrogen and oxygen atoms in total. The first-order chi connectivity index (χ1) is 12.1. The average molecular weight is 363 g/mol. The number of hydrogen-bond donors (Lipinski definition) is 2. The summed E-state index contributed by atoms with van der Waals surface area (Å²) in [6.45, 7) is 2.43. The molecule has 2 aromatic rings. The van der Waals surface area contributed by atoms with Gasteiger partial charge in [0.25, 0.3) is 0 Å². The zero-order valence-corrected chi connectivity index (χ0v) is 14.7. The van der Waals surface area contributed by atoms with Gasteiger partial charge >= 0.3 is 0 Å². The summed E-state index contributed by atoms with van der Waals surface area (Å²) in [4.78, 5) is 12.3. The van der Waals surface area contributed by atoms with Crippen LogP contribution in [0.4, 0.5) is 5.69 Å². The van der Waals surface area contributed by atoms with Crippen molar-refractivity contribution in [3.05, 3.63) is 47.0 Å². The van der Waals surface area contributed by atoms with E-state index in [-0.39, 0.29) is 12.7 Å². The highest BCUT2D eigenvalue weighted by atomic mass is 35.5. The van der Waals surface area contributed by atoms with Crippen molar-refractivity contribution in [2.75, 3.05) is 19.2 Å². The number of carbonyl (C=O) groups is 1. The van der Waals surface area contributed by atoms with E-state index >= 15 is 0 Å². The second-order valence-corrected chi connectivity index (χ2v) is 6.03. The number of amides is 1. The second kappa shape index (κ2) is 7.53. The van der Waals surface area contributed by atoms with Gasteiger partial charge in [-0.25, -0.2) is 0 Å². The van der Waals surface area contributed by atoms with Gasteiger partial charge in [0.1, 0.15) is 11.8 Å². The molecule has 1 heterocycles. The molecule has 132 valence electrons. The van der Waals surface area contributed by atoms with E-state index < -0.39 is 6.04 Å². The molecule has 0 radical (unpaired) electrons. The summed E-state index contributed by atoms with van der Waals surface area (Å²) < 4.78 is 15.7. The van der Waals surface area contributed by atoms with Gasteiger partial charge in [-0.1, -0.05) is 17.7 Å². The number of hydrogen-bond acceptors (Lipinski definition) is 5. The Bertz CT molecular complexity index is 782. The predicted molar refractivity (Wildman–Crippen MR) is 95.5 cm³/mol. The lowest BCUT2D eigenvalue weighted by Gasteiger charge is -2.16. The van der Waals surface area contributed by atoms with Gasteiger partial charge in [0.2, 0.25) is 12.7 Å². The number of benzene rings is 2. The summed E-state index contributed by atoms with van der Waals surface area (Å²) in [7, 11) is 1.56. The van der Waals surface area contributed by atoms with Crippen molar-refractivity contribution in [1.29, 1.82) is 0 Å². The van der Waals surface area contributed by atoms with E-state index in [1.165, 1.54) is 0 Å². The molecule has 0 unspecified atom stereocenters. The lowest BCUT2D eigenvalue weighted by atomic mass is 10.2. The zero-order valence-electron chi connectivity index (χ0n) is 14.0. The Kier molecular flexibility index (Phi) is 5.19. The van der Waals surface area contributed by atoms with Crippen LogP contribution in [0.5, 0.6) is 17.2 Å². The Morgan fingerprint density at radius 1 is 1.24 bits per heavy atom. The fraction of sp³-hybridized carbons (Fsp3) is 0.278. The molecule has 0 saturated heterocycles. The van der Waals surface area contributed by atoms with Gasteiger partial charge < -0.3 is 24.8 Å². The summed E-state index contributed by atoms with van der Waals surface area (Å²) in [6, 6.07) is 10.5. The van der Waals surface area contributed by atoms with Crippen molar-refractivity contribution in [3.63, 3.8) is 0 Å². The molecular weight excluding hydrogens is 344 g/mol. The standard InChI is InChI=1S/C18H19ClN2O4/c1-11(21-13-4-6-15(23-2)14(19)8-13)18(22)20-9-12-3-5-16-17(7-12)25-10-24-16/h3-8,11,21H,9-10H2,1-2H3,(H,20,22)/t11-/m1/s1. The van der Waals surface area contributed by atoms with Crippen LogP contribution in [0.1, 0.15) is 12.5 Å². The Morgan fingerprint density at radius 2 is 2.04 bits per heavy atom. The minimum Gasteiger partial charge on any atom is -0.495 e. The van der Waals surface area contributed by atoms with Gasteiger partial charge in [-0.05, 0) is 42.8 Å². The number of fused-ring (bicyclic) bond motifs is 1. The molecule has 0 bridgehead atoms. The summed E-state index contributed by atoms with van der Waals surface area (Å²) in [6.07, 6.45) is 0. The lowest BCUT2D eigenvalue weighted by molar-refractivity contribution is -0.121. The lowest BCUT2D eigenvalue weighted by Crippen LogP contribution is -2.37. The first kappa shape index (κ1) is 17.2. The van der Waals surface area contributed by atoms with Gasteiger partial charge in [0.05, 0.1) is 12.1 Å². The Balaban J connectivity index is 1.55. The number of rotatable bonds is 6. The smallest absolute Gasteiger partial charge is 0.242 e. The van der Waals surface area contributed by atoms with E-state index in [9.17, 15) is 4.79 Å². The average Bonchev–Trinajstić information content (AvgIpc) is 3.07. The molecule has 25 heavy (non-hydrogen) atoms. The van der Waals surface area contributed by atoms with Gasteiger partial charge in [-0.3, -0.25) is 4.79 Å². The molecule has 1 amide bonds. The number of methoxy groups -OCH3 is 1. The highest BCUT2D eigenvalue weighted by Gasteiger charge is 2.15. The SMILES string of the molecule is COc1ccc(N[C@H](C)C(=O)NCc2ccc3c(c2)OCO3)cc1Cl. The molecule has 3 rings (SSSR count). The minimum atomic E-state index is -0.418. The molecule has 2 N–H and O–H groups in total. The minimum absolute atomic E-state index is 0.121. The predicted octanol–water partition coefficient (Wildman–Crippen LogP) is 3.19. The van der Waals surface area contributed by atoms with E-state index in [0.717, 1.165) is 17.0 Å². The van der Waals surface area contributed by atoms with Crippen molar-refractivity contribution in [1.82, 2.24) is 5.32 Å². The molecule has 1 atom stereocenters. The Morgan fingerprint density at radius 3 is 2.80 bits per heavy atom. The van der Waals surface area contributed by atoms with Crippen molar-refractivity contribution >= 4 is 23.2 Å². The van der Waals surface area contributed by atoms with Crippen molar-refractivity contribution < 1.29 is 19.0 Å². The molecule has 0 aromatic heterocycles. The maximum absolute atomic E-state index is 12.3. The largest absolute Gasteiger partial charge is 0.495 e. The van der Waals surface area contributed by atoms with Crippen molar-refractivity contribution in [3.8, 4) is 17.2 Å². The summed E-state index contributed by atoms with van der Waals surface area (Å²) in [5, 5.41) is 6.49. The van der Waals surface area contributed by atoms with E-state index in [1.54, 1.807) is 26.2 Å². The summed E-state index contributed by atoms with van der Waals surface area (Å²) in [5.41, 5.74) is 1.69. The third kappa shape index (κ3) is 4.09. The fourth-order valence-corrected chi connectivity index (χ4v) is 2.72. The molecule has 0 spiro atoms. The van der Waals surface area contributed by atoms with Gasteiger partial charge in [-0.15, -0.1) is 0 Å². The summed E-state index contributed by atoms with van der Waals surface area (Å²) >= 11 is 6.09. The monoisotopic (exact) mass is 362 g/mol. The van der Waals surface area contributed by atoms with Crippen LogP contribution in [0.15, 0.2) is 36.4 Å². The van der Waals surface area contributed by atoms with Crippen LogP contribution in [-0.4, -0.2) is 25.9 Å². The van der Waals surface area contributed by atoms with Crippen LogP contribution >= 0.6 is 11.6 Å². The van der Waals surface area contributed by atoms with Crippen molar-refractivity contribution in [2.45, 2.75) is 19.5 Å². The van der Waals surface area contributed by atoms with Crippen LogP contribution < -0.4 is 24.8 Å². The third-order valence-corrected chi connectivity index (χ3v) is 4.13. The van der Waals surface area contributed by atoms with Crippen molar-refractivity contribution in [2.24, 2.45) is 0 Å². The fourth-order valence-electron chi connectivity index (χ4n) is 2.46. The molecule has 2 aromatic carbocycles. The maximum atomic E-state index is 12.3. The maximum Gasteiger partial charge on any atom is 0.242 e. The number of ether oxygens (including phenoxy) is 3. The number of anilines is 1. The quantitative estimate of drug-likeness (QED) is 0.826. The molecule has 0 fully saturated rings. The summed E-state index contributed by atoms with van der Waals surface area (Å²) in [5.74, 6) is 1.89. The second-order valence-electron chi connectivity index (χ2n) is 5.62. The molecule has 0 saturated carbocycles. The first-order valence-electron chi connectivity index (χ1n) is 7.83. The van der Waals surface area contributed by atoms with Crippen LogP contribution in [-0.2, 0) is 11.3 Å². The van der Waals surface area contributed by atoms with Gasteiger partial charge in [-0.2, -0.15) is 0 Å². The normalized spacial score (nSPS) is 13.2. The van der Waals surface area contributed by atoms with Crippen LogP contribution in [0, 0.1) is 0 Å². The van der Waals surface area contributed by atoms with Gasteiger partial charge in [0.15, 0.2) is 11.5 Å². The van der Waals surface area contributed by atoms with E-state index in [1.807, 2.05) is 24.3 Å². The highest BCUT2D eigenvalue weighted by molar-refractivity contribution is 6.32. The third-order valence-electron chi connectivity index (χ3n) is 3.83. The van der Waals surface area contributed by atoms with E-state index in [4.69, 9.17) is 25.8 Å². The number of halogens is 1. The van der Waals surface area contributed by atoms with Crippen LogP contribution in [0.3, 0.4) is 0 Å².